The fraction of sp³-hybridized carbons (Fsp3) is 0.293. The van der Waals surface area contributed by atoms with Gasteiger partial charge in [0.15, 0.2) is 5.71 Å². The van der Waals surface area contributed by atoms with E-state index in [9.17, 15) is 0 Å². The highest BCUT2D eigenvalue weighted by Crippen LogP contribution is 2.32. The summed E-state index contributed by atoms with van der Waals surface area (Å²) in [6.07, 6.45) is 21.2. The van der Waals surface area contributed by atoms with E-state index in [0.717, 1.165) is 0 Å². The number of hydrogen-bond donors (Lipinski definition) is 0. The fourth-order valence-corrected chi connectivity index (χ4v) is 6.66. The van der Waals surface area contributed by atoms with Crippen LogP contribution in [-0.4, -0.2) is 62.6 Å². The molecule has 4 aliphatic heterocycles. The van der Waals surface area contributed by atoms with E-state index in [4.69, 9.17) is 0 Å². The Morgan fingerprint density at radius 2 is 0.956 bits per heavy atom. The van der Waals surface area contributed by atoms with Gasteiger partial charge in [0.2, 0.25) is 0 Å². The van der Waals surface area contributed by atoms with Crippen LogP contribution in [-0.2, 0) is 0 Å². The van der Waals surface area contributed by atoms with Crippen LogP contribution in [0.25, 0.3) is 11.1 Å². The van der Waals surface area contributed by atoms with Crippen LogP contribution in [0, 0.1) is 0 Å². The molecule has 0 unspecified atom stereocenters. The molecule has 1 aliphatic carbocycles. The van der Waals surface area contributed by atoms with Crippen molar-refractivity contribution in [1.29, 1.82) is 0 Å². The lowest BCUT2D eigenvalue weighted by atomic mass is 9.94. The van der Waals surface area contributed by atoms with E-state index in [0.29, 0.717) is 0 Å². The summed E-state index contributed by atoms with van der Waals surface area (Å²) in [5, 5.41) is 0. The van der Waals surface area contributed by atoms with E-state index in [1.165, 1.54) is 134 Å². The second kappa shape index (κ2) is 12.4. The molecule has 0 saturated carbocycles. The number of benzene rings is 3. The standard InChI is InChI=1S/C41H43N4/c1(6-40(32-8-16-36(17-9-32)42-24-2-25-42)33-10-18-37(19-11-33)43-26-3-27-43)7-41(34-12-20-38(21-13-34)44-28-4-29-44)35-14-22-39(23-15-35)45-30-5-31-45/h1,6-23H,2-5,24-31H2/q+1. The zero-order valence-electron chi connectivity index (χ0n) is 26.2. The van der Waals surface area contributed by atoms with E-state index in [1.54, 1.807) is 0 Å². The maximum absolute atomic E-state index is 2.46. The molecular formula is C41H43N4+. The Hall–Kier alpha value is -4.57. The minimum absolute atomic E-state index is 1.17. The Labute approximate surface area is 268 Å². The molecule has 0 bridgehead atoms. The summed E-state index contributed by atoms with van der Waals surface area (Å²) in [7, 11) is 0. The summed E-state index contributed by atoms with van der Waals surface area (Å²) >= 11 is 0. The molecule has 0 spiro atoms. The van der Waals surface area contributed by atoms with Crippen molar-refractivity contribution in [1.82, 2.24) is 0 Å². The second-order valence-electron chi connectivity index (χ2n) is 12.9. The third-order valence-electron chi connectivity index (χ3n) is 10.1. The van der Waals surface area contributed by atoms with Gasteiger partial charge in [-0.3, -0.25) is 0 Å². The number of rotatable bonds is 8. The Bertz CT molecular complexity index is 1640. The van der Waals surface area contributed by atoms with Gasteiger partial charge in [-0.05, 0) is 101 Å². The molecule has 4 heteroatoms. The summed E-state index contributed by atoms with van der Waals surface area (Å²) in [5.41, 5.74) is 12.8. The SMILES string of the molecule is C1=CC(=[N+]2CCC2)C=CC1=C(/C=C/C=C(c1ccc(N2CCC2)cc1)c1ccc(N2CCC2)cc1)c1ccc(N2CCC2)cc1. The van der Waals surface area contributed by atoms with Gasteiger partial charge in [-0.25, -0.2) is 4.58 Å². The van der Waals surface area contributed by atoms with E-state index in [2.05, 4.69) is 135 Å². The summed E-state index contributed by atoms with van der Waals surface area (Å²) < 4.78 is 2.46. The van der Waals surface area contributed by atoms with Crippen molar-refractivity contribution in [3.05, 3.63) is 138 Å². The van der Waals surface area contributed by atoms with E-state index >= 15 is 0 Å². The second-order valence-corrected chi connectivity index (χ2v) is 12.9. The van der Waals surface area contributed by atoms with E-state index < -0.39 is 0 Å². The van der Waals surface area contributed by atoms with Crippen LogP contribution in [0.15, 0.2) is 121 Å². The predicted octanol–water partition coefficient (Wildman–Crippen LogP) is 7.74. The molecule has 0 atom stereocenters. The summed E-state index contributed by atoms with van der Waals surface area (Å²) in [6, 6.07) is 27.5. The predicted molar refractivity (Wildman–Crippen MR) is 191 cm³/mol. The number of allylic oxidation sites excluding steroid dienone is 9. The minimum Gasteiger partial charge on any atom is -0.371 e. The smallest absolute Gasteiger partial charge is 0.199 e. The molecular weight excluding hydrogens is 548 g/mol. The maximum Gasteiger partial charge on any atom is 0.199 e. The molecule has 5 aliphatic rings. The number of hydrogen-bond acceptors (Lipinski definition) is 3. The molecule has 4 saturated heterocycles. The van der Waals surface area contributed by atoms with Crippen molar-refractivity contribution in [2.45, 2.75) is 25.7 Å². The molecule has 4 heterocycles. The van der Waals surface area contributed by atoms with Gasteiger partial charge in [0.25, 0.3) is 0 Å². The van der Waals surface area contributed by atoms with Crippen LogP contribution >= 0.6 is 0 Å². The Balaban J connectivity index is 1.14. The third-order valence-corrected chi connectivity index (χ3v) is 10.1. The first-order chi connectivity index (χ1) is 22.3. The lowest BCUT2D eigenvalue weighted by Gasteiger charge is -2.33. The highest BCUT2D eigenvalue weighted by molar-refractivity contribution is 6.03. The zero-order valence-corrected chi connectivity index (χ0v) is 26.2. The molecule has 0 N–H and O–H groups in total. The monoisotopic (exact) mass is 591 g/mol. The molecule has 3 aromatic carbocycles. The molecule has 4 nitrogen and oxygen atoms in total. The topological polar surface area (TPSA) is 12.7 Å². The van der Waals surface area contributed by atoms with Crippen LogP contribution in [0.2, 0.25) is 0 Å². The molecule has 8 rings (SSSR count). The van der Waals surface area contributed by atoms with Crippen molar-refractivity contribution in [2.75, 3.05) is 67.1 Å². The number of anilines is 3. The van der Waals surface area contributed by atoms with Gasteiger partial charge >= 0.3 is 0 Å². The normalized spacial score (nSPS) is 18.8. The lowest BCUT2D eigenvalue weighted by Crippen LogP contribution is -2.36. The summed E-state index contributed by atoms with van der Waals surface area (Å²) in [6.45, 7) is 9.33. The zero-order chi connectivity index (χ0) is 30.0. The van der Waals surface area contributed by atoms with Crippen molar-refractivity contribution in [3.63, 3.8) is 0 Å². The first kappa shape index (κ1) is 27.9. The van der Waals surface area contributed by atoms with E-state index in [1.807, 2.05) is 0 Å². The molecule has 4 fully saturated rings. The molecule has 45 heavy (non-hydrogen) atoms. The average molecular weight is 592 g/mol. The van der Waals surface area contributed by atoms with Gasteiger partial charge < -0.3 is 14.7 Å². The van der Waals surface area contributed by atoms with Gasteiger partial charge in [0.1, 0.15) is 13.1 Å². The van der Waals surface area contributed by atoms with Gasteiger partial charge in [0.05, 0.1) is 6.42 Å². The summed E-state index contributed by atoms with van der Waals surface area (Å²) in [4.78, 5) is 7.37. The lowest BCUT2D eigenvalue weighted by molar-refractivity contribution is -0.582. The van der Waals surface area contributed by atoms with Crippen LogP contribution in [0.5, 0.6) is 0 Å². The Kier molecular flexibility index (Phi) is 7.72. The highest BCUT2D eigenvalue weighted by atomic mass is 15.2. The van der Waals surface area contributed by atoms with Gasteiger partial charge in [-0.2, -0.15) is 0 Å². The van der Waals surface area contributed by atoms with Gasteiger partial charge in [-0.1, -0.05) is 54.6 Å². The van der Waals surface area contributed by atoms with Crippen molar-refractivity contribution >= 4 is 33.9 Å². The minimum atomic E-state index is 1.17. The highest BCUT2D eigenvalue weighted by Gasteiger charge is 2.21. The Morgan fingerprint density at radius 1 is 0.511 bits per heavy atom. The van der Waals surface area contributed by atoms with Crippen molar-refractivity contribution in [3.8, 4) is 0 Å². The number of nitrogens with zero attached hydrogens (tertiary/aromatic N) is 4. The van der Waals surface area contributed by atoms with E-state index in [-0.39, 0.29) is 0 Å². The average Bonchev–Trinajstić information content (AvgIpc) is 2.96. The molecule has 0 radical (unpaired) electrons. The van der Waals surface area contributed by atoms with Crippen LogP contribution < -0.4 is 14.7 Å². The Morgan fingerprint density at radius 3 is 1.33 bits per heavy atom. The molecule has 0 aromatic heterocycles. The van der Waals surface area contributed by atoms with Crippen LogP contribution in [0.4, 0.5) is 17.1 Å². The van der Waals surface area contributed by atoms with Crippen LogP contribution in [0.3, 0.4) is 0 Å². The van der Waals surface area contributed by atoms with Gasteiger partial charge in [0, 0.05) is 68.5 Å². The molecule has 0 amide bonds. The van der Waals surface area contributed by atoms with Gasteiger partial charge in [-0.15, -0.1) is 0 Å². The third kappa shape index (κ3) is 5.82. The summed E-state index contributed by atoms with van der Waals surface area (Å²) in [5.74, 6) is 0. The van der Waals surface area contributed by atoms with Crippen LogP contribution in [0.1, 0.15) is 42.4 Å². The molecule has 3 aromatic rings. The first-order valence-electron chi connectivity index (χ1n) is 17.0. The van der Waals surface area contributed by atoms with Crippen molar-refractivity contribution < 1.29 is 4.58 Å². The fourth-order valence-electron chi connectivity index (χ4n) is 6.66. The largest absolute Gasteiger partial charge is 0.371 e. The van der Waals surface area contributed by atoms with Crippen molar-refractivity contribution in [2.24, 2.45) is 0 Å². The quantitative estimate of drug-likeness (QED) is 0.196. The maximum atomic E-state index is 2.46. The molecule has 226 valence electrons. The first-order valence-corrected chi connectivity index (χ1v) is 17.0.